The standard InChI is InChI=1S/C18H19NO4/c1-3-23-17(22)11-10-16(21)18-15(20)9-8-14(19-18)13-6-4-12(2)5-7-13/h4-9,20H,3,10-11H2,1-2H3. The maximum absolute atomic E-state index is 12.2. The van der Waals surface area contributed by atoms with Crippen molar-refractivity contribution in [3.63, 3.8) is 0 Å². The molecule has 0 spiro atoms. The van der Waals surface area contributed by atoms with Crippen LogP contribution < -0.4 is 0 Å². The van der Waals surface area contributed by atoms with E-state index in [-0.39, 0.29) is 36.7 Å². The number of carbonyl (C=O) groups excluding carboxylic acids is 2. The summed E-state index contributed by atoms with van der Waals surface area (Å²) in [4.78, 5) is 27.8. The van der Waals surface area contributed by atoms with Crippen LogP contribution in [-0.4, -0.2) is 28.4 Å². The van der Waals surface area contributed by atoms with E-state index in [9.17, 15) is 14.7 Å². The molecule has 0 aliphatic heterocycles. The molecule has 0 atom stereocenters. The molecule has 2 rings (SSSR count). The maximum Gasteiger partial charge on any atom is 0.306 e. The van der Waals surface area contributed by atoms with E-state index in [0.29, 0.717) is 5.69 Å². The molecule has 1 N–H and O–H groups in total. The van der Waals surface area contributed by atoms with Gasteiger partial charge < -0.3 is 9.84 Å². The topological polar surface area (TPSA) is 76.5 Å². The molecule has 0 radical (unpaired) electrons. The highest BCUT2D eigenvalue weighted by molar-refractivity contribution is 5.98. The zero-order chi connectivity index (χ0) is 16.8. The molecule has 1 heterocycles. The number of benzene rings is 1. The molecule has 120 valence electrons. The number of esters is 1. The van der Waals surface area contributed by atoms with Crippen molar-refractivity contribution in [3.8, 4) is 17.0 Å². The largest absolute Gasteiger partial charge is 0.506 e. The van der Waals surface area contributed by atoms with Crippen LogP contribution in [0.5, 0.6) is 5.75 Å². The molecule has 0 unspecified atom stereocenters. The van der Waals surface area contributed by atoms with Gasteiger partial charge in [-0.05, 0) is 26.0 Å². The fraction of sp³-hybridized carbons (Fsp3) is 0.278. The van der Waals surface area contributed by atoms with Crippen molar-refractivity contribution >= 4 is 11.8 Å². The number of carbonyl (C=O) groups is 2. The summed E-state index contributed by atoms with van der Waals surface area (Å²) in [6.45, 7) is 3.97. The molecule has 0 amide bonds. The Morgan fingerprint density at radius 3 is 2.43 bits per heavy atom. The minimum atomic E-state index is -0.435. The van der Waals surface area contributed by atoms with Gasteiger partial charge in [-0.1, -0.05) is 29.8 Å². The van der Waals surface area contributed by atoms with Crippen LogP contribution in [0, 0.1) is 6.92 Å². The number of aryl methyl sites for hydroxylation is 1. The summed E-state index contributed by atoms with van der Waals surface area (Å²) in [5.41, 5.74) is 2.56. The molecular formula is C18H19NO4. The van der Waals surface area contributed by atoms with Crippen LogP contribution in [0.3, 0.4) is 0 Å². The second kappa shape index (κ2) is 7.54. The molecule has 0 saturated carbocycles. The first-order valence-electron chi connectivity index (χ1n) is 7.47. The number of aromatic nitrogens is 1. The number of ether oxygens (including phenoxy) is 1. The van der Waals surface area contributed by atoms with Crippen molar-refractivity contribution < 1.29 is 19.4 Å². The van der Waals surface area contributed by atoms with Crippen LogP contribution in [0.4, 0.5) is 0 Å². The zero-order valence-corrected chi connectivity index (χ0v) is 13.2. The lowest BCUT2D eigenvalue weighted by atomic mass is 10.1. The number of rotatable bonds is 6. The Bertz CT molecular complexity index is 707. The van der Waals surface area contributed by atoms with Crippen molar-refractivity contribution in [3.05, 3.63) is 47.7 Å². The fourth-order valence-electron chi connectivity index (χ4n) is 2.11. The molecular weight excluding hydrogens is 294 g/mol. The van der Waals surface area contributed by atoms with Gasteiger partial charge in [0.1, 0.15) is 11.4 Å². The Balaban J connectivity index is 2.18. The van der Waals surface area contributed by atoms with E-state index in [1.54, 1.807) is 13.0 Å². The summed E-state index contributed by atoms with van der Waals surface area (Å²) >= 11 is 0. The average Bonchev–Trinajstić information content (AvgIpc) is 2.54. The van der Waals surface area contributed by atoms with E-state index in [0.717, 1.165) is 11.1 Å². The lowest BCUT2D eigenvalue weighted by Crippen LogP contribution is -2.09. The smallest absolute Gasteiger partial charge is 0.306 e. The van der Waals surface area contributed by atoms with Crippen molar-refractivity contribution in [2.24, 2.45) is 0 Å². The Morgan fingerprint density at radius 2 is 1.78 bits per heavy atom. The fourth-order valence-corrected chi connectivity index (χ4v) is 2.11. The summed E-state index contributed by atoms with van der Waals surface area (Å²) < 4.78 is 4.79. The van der Waals surface area contributed by atoms with Gasteiger partial charge in [-0.3, -0.25) is 9.59 Å². The number of aromatic hydroxyl groups is 1. The number of pyridine rings is 1. The van der Waals surface area contributed by atoms with Crippen molar-refractivity contribution in [1.29, 1.82) is 0 Å². The Morgan fingerprint density at radius 1 is 1.09 bits per heavy atom. The summed E-state index contributed by atoms with van der Waals surface area (Å²) in [7, 11) is 0. The van der Waals surface area contributed by atoms with Gasteiger partial charge in [0.25, 0.3) is 0 Å². The summed E-state index contributed by atoms with van der Waals surface area (Å²) in [6.07, 6.45) is -0.0701. The van der Waals surface area contributed by atoms with Crippen LogP contribution in [0.15, 0.2) is 36.4 Å². The maximum atomic E-state index is 12.2. The minimum Gasteiger partial charge on any atom is -0.506 e. The van der Waals surface area contributed by atoms with E-state index in [4.69, 9.17) is 4.74 Å². The first kappa shape index (κ1) is 16.7. The molecule has 0 bridgehead atoms. The van der Waals surface area contributed by atoms with E-state index >= 15 is 0 Å². The Labute approximate surface area is 134 Å². The van der Waals surface area contributed by atoms with Crippen molar-refractivity contribution in [2.45, 2.75) is 26.7 Å². The van der Waals surface area contributed by atoms with Gasteiger partial charge in [0.15, 0.2) is 5.78 Å². The monoisotopic (exact) mass is 313 g/mol. The zero-order valence-electron chi connectivity index (χ0n) is 13.2. The lowest BCUT2D eigenvalue weighted by molar-refractivity contribution is -0.143. The van der Waals surface area contributed by atoms with Gasteiger partial charge in [0, 0.05) is 12.0 Å². The molecule has 0 aliphatic carbocycles. The van der Waals surface area contributed by atoms with Crippen molar-refractivity contribution in [2.75, 3.05) is 6.61 Å². The van der Waals surface area contributed by atoms with Gasteiger partial charge in [-0.25, -0.2) is 4.98 Å². The molecule has 23 heavy (non-hydrogen) atoms. The first-order valence-corrected chi connectivity index (χ1v) is 7.47. The highest BCUT2D eigenvalue weighted by atomic mass is 16.5. The van der Waals surface area contributed by atoms with Gasteiger partial charge in [-0.15, -0.1) is 0 Å². The Hall–Kier alpha value is -2.69. The van der Waals surface area contributed by atoms with Crippen LogP contribution in [0.1, 0.15) is 35.8 Å². The molecule has 5 heteroatoms. The van der Waals surface area contributed by atoms with E-state index in [2.05, 4.69) is 4.98 Å². The quantitative estimate of drug-likeness (QED) is 0.654. The second-order valence-electron chi connectivity index (χ2n) is 5.16. The number of hydrogen-bond donors (Lipinski definition) is 1. The normalized spacial score (nSPS) is 10.3. The molecule has 5 nitrogen and oxygen atoms in total. The number of Topliss-reactive ketones (excluding diaryl/α,β-unsaturated/α-hetero) is 1. The third-order valence-electron chi connectivity index (χ3n) is 3.35. The van der Waals surface area contributed by atoms with Gasteiger partial charge >= 0.3 is 5.97 Å². The summed E-state index contributed by atoms with van der Waals surface area (Å²) in [6, 6.07) is 10.8. The van der Waals surface area contributed by atoms with E-state index in [1.807, 2.05) is 31.2 Å². The lowest BCUT2D eigenvalue weighted by Gasteiger charge is -2.07. The van der Waals surface area contributed by atoms with Crippen LogP contribution in [0.25, 0.3) is 11.3 Å². The van der Waals surface area contributed by atoms with Crippen LogP contribution in [0.2, 0.25) is 0 Å². The predicted octanol–water partition coefficient (Wildman–Crippen LogP) is 3.29. The number of nitrogens with zero attached hydrogens (tertiary/aromatic N) is 1. The molecule has 0 aliphatic rings. The Kier molecular flexibility index (Phi) is 5.46. The number of ketones is 1. The molecule has 1 aromatic carbocycles. The van der Waals surface area contributed by atoms with Gasteiger partial charge in [0.05, 0.1) is 18.7 Å². The second-order valence-corrected chi connectivity index (χ2v) is 5.16. The number of hydrogen-bond acceptors (Lipinski definition) is 5. The highest BCUT2D eigenvalue weighted by Crippen LogP contribution is 2.24. The molecule has 0 fully saturated rings. The average molecular weight is 313 g/mol. The van der Waals surface area contributed by atoms with Crippen LogP contribution >= 0.6 is 0 Å². The van der Waals surface area contributed by atoms with E-state index < -0.39 is 5.97 Å². The van der Waals surface area contributed by atoms with Crippen molar-refractivity contribution in [1.82, 2.24) is 4.98 Å². The van der Waals surface area contributed by atoms with Gasteiger partial charge in [-0.2, -0.15) is 0 Å². The molecule has 1 aromatic heterocycles. The van der Waals surface area contributed by atoms with E-state index in [1.165, 1.54) is 6.07 Å². The van der Waals surface area contributed by atoms with Gasteiger partial charge in [0.2, 0.25) is 0 Å². The predicted molar refractivity (Wildman–Crippen MR) is 86.3 cm³/mol. The summed E-state index contributed by atoms with van der Waals surface area (Å²) in [5, 5.41) is 9.87. The summed E-state index contributed by atoms with van der Waals surface area (Å²) in [5.74, 6) is -1.01. The molecule has 2 aromatic rings. The highest BCUT2D eigenvalue weighted by Gasteiger charge is 2.16. The molecule has 0 saturated heterocycles. The SMILES string of the molecule is CCOC(=O)CCC(=O)c1nc(-c2ccc(C)cc2)ccc1O. The minimum absolute atomic E-state index is 0.0210. The third kappa shape index (κ3) is 4.39. The first-order chi connectivity index (χ1) is 11.0. The van der Waals surface area contributed by atoms with Crippen LogP contribution in [-0.2, 0) is 9.53 Å². The third-order valence-corrected chi connectivity index (χ3v) is 3.35.